The third kappa shape index (κ3) is 1.83. The third-order valence-electron chi connectivity index (χ3n) is 3.34. The number of aryl methyl sites for hydroxylation is 1. The Labute approximate surface area is 112 Å². The lowest BCUT2D eigenvalue weighted by Gasteiger charge is -2.07. The minimum absolute atomic E-state index is 0.712. The van der Waals surface area contributed by atoms with E-state index in [1.807, 2.05) is 18.2 Å². The van der Waals surface area contributed by atoms with Gasteiger partial charge in [-0.3, -0.25) is 4.57 Å². The number of hydrogen-bond acceptors (Lipinski definition) is 2. The molecule has 3 heteroatoms. The number of nitrogens with zero attached hydrogens (tertiary/aromatic N) is 3. The monoisotopic (exact) mass is 249 g/mol. The van der Waals surface area contributed by atoms with Crippen LogP contribution in [0.5, 0.6) is 0 Å². The molecule has 19 heavy (non-hydrogen) atoms. The zero-order valence-corrected chi connectivity index (χ0v) is 10.9. The van der Waals surface area contributed by atoms with E-state index in [-0.39, 0.29) is 0 Å². The van der Waals surface area contributed by atoms with Crippen LogP contribution in [0, 0.1) is 6.92 Å². The molecule has 0 fully saturated rings. The van der Waals surface area contributed by atoms with Crippen molar-refractivity contribution in [3.8, 4) is 5.95 Å². The Balaban J connectivity index is 2.38. The van der Waals surface area contributed by atoms with Crippen molar-refractivity contribution >= 4 is 10.9 Å². The lowest BCUT2D eigenvalue weighted by molar-refractivity contribution is 0.900. The van der Waals surface area contributed by atoms with Crippen molar-refractivity contribution in [1.82, 2.24) is 14.5 Å². The number of fused-ring (bicyclic) bond motifs is 1. The van der Waals surface area contributed by atoms with E-state index >= 15 is 0 Å². The topological polar surface area (TPSA) is 30.7 Å². The zero-order chi connectivity index (χ0) is 13.2. The van der Waals surface area contributed by atoms with Gasteiger partial charge < -0.3 is 0 Å². The minimum Gasteiger partial charge on any atom is -0.282 e. The predicted octanol–water partition coefficient (Wildman–Crippen LogP) is 3.46. The second-order valence-electron chi connectivity index (χ2n) is 4.47. The van der Waals surface area contributed by atoms with Crippen LogP contribution in [0.15, 0.2) is 55.4 Å². The summed E-state index contributed by atoms with van der Waals surface area (Å²) in [5.41, 5.74) is 3.61. The molecule has 0 aliphatic heterocycles. The fraction of sp³-hybridized carbons (Fsp3) is 0.125. The van der Waals surface area contributed by atoms with E-state index in [9.17, 15) is 0 Å². The van der Waals surface area contributed by atoms with Gasteiger partial charge in [0.1, 0.15) is 0 Å². The number of benzene rings is 1. The molecule has 0 radical (unpaired) electrons. The van der Waals surface area contributed by atoms with E-state index in [1.54, 1.807) is 12.4 Å². The van der Waals surface area contributed by atoms with Crippen molar-refractivity contribution in [1.29, 1.82) is 0 Å². The largest absolute Gasteiger partial charge is 0.282 e. The van der Waals surface area contributed by atoms with Crippen LogP contribution in [-0.4, -0.2) is 14.5 Å². The van der Waals surface area contributed by atoms with Gasteiger partial charge in [-0.05, 0) is 24.6 Å². The van der Waals surface area contributed by atoms with E-state index < -0.39 is 0 Å². The van der Waals surface area contributed by atoms with Gasteiger partial charge in [0.2, 0.25) is 5.95 Å². The number of allylic oxidation sites excluding steroid dienone is 1. The van der Waals surface area contributed by atoms with Crippen molar-refractivity contribution in [2.24, 2.45) is 0 Å². The average molecular weight is 249 g/mol. The second kappa shape index (κ2) is 4.69. The summed E-state index contributed by atoms with van der Waals surface area (Å²) in [6.45, 7) is 5.99. The molecule has 1 aromatic carbocycles. The lowest BCUT2D eigenvalue weighted by atomic mass is 10.1. The van der Waals surface area contributed by atoms with Crippen molar-refractivity contribution < 1.29 is 0 Å². The van der Waals surface area contributed by atoms with Crippen LogP contribution in [0.25, 0.3) is 16.9 Å². The molecule has 0 atom stereocenters. The SMILES string of the molecule is C=CCc1c(C)c2ccccc2n1-c1ncccn1. The molecular formula is C16H15N3. The highest BCUT2D eigenvalue weighted by Crippen LogP contribution is 2.27. The maximum atomic E-state index is 4.37. The summed E-state index contributed by atoms with van der Waals surface area (Å²) in [5.74, 6) is 0.712. The van der Waals surface area contributed by atoms with Crippen molar-refractivity contribution in [3.63, 3.8) is 0 Å². The van der Waals surface area contributed by atoms with Gasteiger partial charge >= 0.3 is 0 Å². The highest BCUT2D eigenvalue weighted by molar-refractivity contribution is 5.86. The summed E-state index contributed by atoms with van der Waals surface area (Å²) in [7, 11) is 0. The van der Waals surface area contributed by atoms with Gasteiger partial charge in [-0.1, -0.05) is 24.3 Å². The molecule has 0 aliphatic carbocycles. The first-order valence-corrected chi connectivity index (χ1v) is 6.30. The maximum Gasteiger partial charge on any atom is 0.234 e. The van der Waals surface area contributed by atoms with Gasteiger partial charge in [0.05, 0.1) is 5.52 Å². The first-order chi connectivity index (χ1) is 9.33. The molecule has 0 saturated carbocycles. The van der Waals surface area contributed by atoms with E-state index in [2.05, 4.69) is 46.2 Å². The first kappa shape index (κ1) is 11.7. The summed E-state index contributed by atoms with van der Waals surface area (Å²) in [5, 5.41) is 1.24. The van der Waals surface area contributed by atoms with Crippen molar-refractivity contribution in [3.05, 3.63) is 66.6 Å². The Morgan fingerprint density at radius 1 is 1.16 bits per heavy atom. The van der Waals surface area contributed by atoms with Crippen LogP contribution >= 0.6 is 0 Å². The van der Waals surface area contributed by atoms with Crippen LogP contribution in [0.4, 0.5) is 0 Å². The van der Waals surface area contributed by atoms with Gasteiger partial charge in [-0.15, -0.1) is 6.58 Å². The Kier molecular flexibility index (Phi) is 2.88. The Morgan fingerprint density at radius 3 is 2.63 bits per heavy atom. The van der Waals surface area contributed by atoms with Crippen LogP contribution in [0.2, 0.25) is 0 Å². The quantitative estimate of drug-likeness (QED) is 0.665. The lowest BCUT2D eigenvalue weighted by Crippen LogP contribution is -2.04. The van der Waals surface area contributed by atoms with Gasteiger partial charge in [0.15, 0.2) is 0 Å². The van der Waals surface area contributed by atoms with E-state index in [1.165, 1.54) is 16.6 Å². The minimum atomic E-state index is 0.712. The summed E-state index contributed by atoms with van der Waals surface area (Å²) >= 11 is 0. The summed E-state index contributed by atoms with van der Waals surface area (Å²) in [6.07, 6.45) is 6.26. The number of para-hydroxylation sites is 1. The van der Waals surface area contributed by atoms with E-state index in [4.69, 9.17) is 0 Å². The fourth-order valence-electron chi connectivity index (χ4n) is 2.47. The molecule has 0 bridgehead atoms. The molecule has 3 rings (SSSR count). The number of aromatic nitrogens is 3. The molecule has 2 heterocycles. The highest BCUT2D eigenvalue weighted by Gasteiger charge is 2.15. The standard InChI is InChI=1S/C16H15N3/c1-3-7-14-12(2)13-8-4-5-9-15(13)19(14)16-17-10-6-11-18-16/h3-6,8-11H,1,7H2,2H3. The predicted molar refractivity (Wildman–Crippen MR) is 77.5 cm³/mol. The van der Waals surface area contributed by atoms with Gasteiger partial charge in [-0.25, -0.2) is 9.97 Å². The zero-order valence-electron chi connectivity index (χ0n) is 10.9. The highest BCUT2D eigenvalue weighted by atomic mass is 15.2. The number of hydrogen-bond donors (Lipinski definition) is 0. The molecule has 0 saturated heterocycles. The van der Waals surface area contributed by atoms with Gasteiger partial charge in [0.25, 0.3) is 0 Å². The Bertz CT molecular complexity index is 726. The summed E-state index contributed by atoms with van der Waals surface area (Å²) in [6, 6.07) is 10.2. The van der Waals surface area contributed by atoms with Crippen LogP contribution in [0.1, 0.15) is 11.3 Å². The maximum absolute atomic E-state index is 4.37. The van der Waals surface area contributed by atoms with Gasteiger partial charge in [-0.2, -0.15) is 0 Å². The second-order valence-corrected chi connectivity index (χ2v) is 4.47. The first-order valence-electron chi connectivity index (χ1n) is 6.30. The molecule has 3 aromatic rings. The molecule has 0 spiro atoms. The van der Waals surface area contributed by atoms with Crippen molar-refractivity contribution in [2.75, 3.05) is 0 Å². The van der Waals surface area contributed by atoms with E-state index in [0.29, 0.717) is 5.95 Å². The molecule has 0 aliphatic rings. The Hall–Kier alpha value is -2.42. The number of rotatable bonds is 3. The summed E-state index contributed by atoms with van der Waals surface area (Å²) in [4.78, 5) is 8.75. The smallest absolute Gasteiger partial charge is 0.234 e. The van der Waals surface area contributed by atoms with Crippen LogP contribution < -0.4 is 0 Å². The fourth-order valence-corrected chi connectivity index (χ4v) is 2.47. The average Bonchev–Trinajstić information content (AvgIpc) is 2.74. The van der Waals surface area contributed by atoms with Crippen molar-refractivity contribution in [2.45, 2.75) is 13.3 Å². The molecule has 3 nitrogen and oxygen atoms in total. The molecule has 0 unspecified atom stereocenters. The van der Waals surface area contributed by atoms with E-state index in [0.717, 1.165) is 11.9 Å². The molecular weight excluding hydrogens is 234 g/mol. The van der Waals surface area contributed by atoms with Crippen LogP contribution in [-0.2, 0) is 6.42 Å². The molecule has 0 N–H and O–H groups in total. The third-order valence-corrected chi connectivity index (χ3v) is 3.34. The van der Waals surface area contributed by atoms with Crippen LogP contribution in [0.3, 0.4) is 0 Å². The summed E-state index contributed by atoms with van der Waals surface area (Å²) < 4.78 is 2.12. The molecule has 0 amide bonds. The Morgan fingerprint density at radius 2 is 1.89 bits per heavy atom. The normalized spacial score (nSPS) is 10.8. The van der Waals surface area contributed by atoms with Gasteiger partial charge in [0, 0.05) is 29.9 Å². The molecule has 2 aromatic heterocycles. The molecule has 94 valence electrons.